The molecule has 126 valence electrons. The number of hydrogen-bond acceptors (Lipinski definition) is 4. The first-order valence-corrected chi connectivity index (χ1v) is 8.29. The van der Waals surface area contributed by atoms with Gasteiger partial charge in [-0.15, -0.1) is 11.3 Å². The molecule has 0 atom stereocenters. The lowest BCUT2D eigenvalue weighted by Crippen LogP contribution is -2.28. The Bertz CT molecular complexity index is 700. The SMILES string of the molecule is N[C@H]1CC[C@H](CC(=O)Nc2ncn3c(C(F)(F)F)csc23)CC1. The van der Waals surface area contributed by atoms with Gasteiger partial charge in [-0.2, -0.15) is 13.2 Å². The smallest absolute Gasteiger partial charge is 0.328 e. The molecule has 2 aromatic heterocycles. The molecule has 1 aliphatic carbocycles. The maximum atomic E-state index is 12.8. The van der Waals surface area contributed by atoms with E-state index in [9.17, 15) is 18.0 Å². The number of carbonyl (C=O) groups excluding carboxylic acids is 1. The Kier molecular flexibility index (Phi) is 4.33. The first-order chi connectivity index (χ1) is 10.8. The Hall–Kier alpha value is -1.61. The zero-order valence-electron chi connectivity index (χ0n) is 12.3. The molecule has 23 heavy (non-hydrogen) atoms. The van der Waals surface area contributed by atoms with E-state index in [1.54, 1.807) is 0 Å². The van der Waals surface area contributed by atoms with Crippen LogP contribution in [-0.4, -0.2) is 21.3 Å². The van der Waals surface area contributed by atoms with E-state index in [-0.39, 0.29) is 28.5 Å². The fraction of sp³-hybridized carbons (Fsp3) is 0.571. The fourth-order valence-corrected chi connectivity index (χ4v) is 3.86. The summed E-state index contributed by atoms with van der Waals surface area (Å²) in [5, 5.41) is 3.65. The van der Waals surface area contributed by atoms with Crippen LogP contribution in [0.2, 0.25) is 0 Å². The second-order valence-corrected chi connectivity index (χ2v) is 6.78. The van der Waals surface area contributed by atoms with Gasteiger partial charge in [-0.25, -0.2) is 4.98 Å². The summed E-state index contributed by atoms with van der Waals surface area (Å²) in [4.78, 5) is 16.3. The van der Waals surface area contributed by atoms with Crippen molar-refractivity contribution in [3.05, 3.63) is 17.4 Å². The van der Waals surface area contributed by atoms with Crippen LogP contribution >= 0.6 is 11.3 Å². The third kappa shape index (κ3) is 3.50. The maximum absolute atomic E-state index is 12.8. The number of rotatable bonds is 3. The van der Waals surface area contributed by atoms with Crippen LogP contribution in [0.1, 0.15) is 37.8 Å². The number of amides is 1. The minimum Gasteiger partial charge on any atom is -0.328 e. The molecule has 0 bridgehead atoms. The molecule has 2 aromatic rings. The van der Waals surface area contributed by atoms with Gasteiger partial charge >= 0.3 is 6.18 Å². The monoisotopic (exact) mass is 346 g/mol. The molecule has 0 spiro atoms. The van der Waals surface area contributed by atoms with Gasteiger partial charge in [-0.05, 0) is 31.6 Å². The Morgan fingerprint density at radius 3 is 2.74 bits per heavy atom. The molecule has 1 amide bonds. The van der Waals surface area contributed by atoms with E-state index in [2.05, 4.69) is 10.3 Å². The molecule has 0 radical (unpaired) electrons. The molecule has 5 nitrogen and oxygen atoms in total. The number of nitrogens with one attached hydrogen (secondary N) is 1. The standard InChI is InChI=1S/C14H17F3N4OS/c15-14(16,17)10-6-23-13-12(19-7-21(10)13)20-11(22)5-8-1-3-9(18)4-2-8/h6-9H,1-5,18H2,(H,20,22)/t8-,9-. The van der Waals surface area contributed by atoms with E-state index in [0.29, 0.717) is 6.42 Å². The van der Waals surface area contributed by atoms with E-state index in [1.807, 2.05) is 0 Å². The van der Waals surface area contributed by atoms with Crippen molar-refractivity contribution < 1.29 is 18.0 Å². The molecule has 1 fully saturated rings. The Morgan fingerprint density at radius 1 is 1.39 bits per heavy atom. The van der Waals surface area contributed by atoms with Crippen molar-refractivity contribution >= 4 is 27.9 Å². The molecule has 0 aromatic carbocycles. The highest BCUT2D eigenvalue weighted by Gasteiger charge is 2.35. The Morgan fingerprint density at radius 2 is 2.09 bits per heavy atom. The minimum absolute atomic E-state index is 0.183. The van der Waals surface area contributed by atoms with Gasteiger partial charge in [0.2, 0.25) is 5.91 Å². The molecule has 1 saturated carbocycles. The lowest BCUT2D eigenvalue weighted by atomic mass is 9.84. The quantitative estimate of drug-likeness (QED) is 0.896. The van der Waals surface area contributed by atoms with Crippen LogP contribution in [0.5, 0.6) is 0 Å². The number of anilines is 1. The molecule has 1 aliphatic rings. The molecular formula is C14H17F3N4OS. The van der Waals surface area contributed by atoms with Crippen LogP contribution < -0.4 is 11.1 Å². The summed E-state index contributed by atoms with van der Waals surface area (Å²) >= 11 is 0.912. The number of nitrogens with two attached hydrogens (primary N) is 1. The summed E-state index contributed by atoms with van der Waals surface area (Å²) < 4.78 is 39.4. The minimum atomic E-state index is -4.44. The summed E-state index contributed by atoms with van der Waals surface area (Å²) in [6, 6.07) is 0.217. The van der Waals surface area contributed by atoms with Crippen molar-refractivity contribution in [3.63, 3.8) is 0 Å². The van der Waals surface area contributed by atoms with Crippen LogP contribution in [-0.2, 0) is 11.0 Å². The summed E-state index contributed by atoms with van der Waals surface area (Å²) in [6.45, 7) is 0. The highest BCUT2D eigenvalue weighted by Crippen LogP contribution is 2.35. The number of aromatic nitrogens is 2. The average molecular weight is 346 g/mol. The van der Waals surface area contributed by atoms with E-state index in [0.717, 1.165) is 53.1 Å². The largest absolute Gasteiger partial charge is 0.432 e. The first-order valence-electron chi connectivity index (χ1n) is 7.41. The van der Waals surface area contributed by atoms with Crippen molar-refractivity contribution in [2.24, 2.45) is 11.7 Å². The van der Waals surface area contributed by atoms with Gasteiger partial charge in [-0.3, -0.25) is 9.20 Å². The molecular weight excluding hydrogens is 329 g/mol. The molecule has 2 heterocycles. The Balaban J connectivity index is 1.67. The maximum Gasteiger partial charge on any atom is 0.432 e. The number of fused-ring (bicyclic) bond motifs is 1. The van der Waals surface area contributed by atoms with Crippen LogP contribution in [0.3, 0.4) is 0 Å². The summed E-state index contributed by atoms with van der Waals surface area (Å²) in [5.41, 5.74) is 5.05. The van der Waals surface area contributed by atoms with Gasteiger partial charge in [0, 0.05) is 17.8 Å². The highest BCUT2D eigenvalue weighted by molar-refractivity contribution is 7.16. The van der Waals surface area contributed by atoms with E-state index >= 15 is 0 Å². The van der Waals surface area contributed by atoms with Crippen molar-refractivity contribution in [2.75, 3.05) is 5.32 Å². The lowest BCUT2D eigenvalue weighted by Gasteiger charge is -2.25. The van der Waals surface area contributed by atoms with Crippen LogP contribution in [0, 0.1) is 5.92 Å². The number of halogens is 3. The Labute approximate surface area is 134 Å². The number of imidazole rings is 1. The number of carbonyl (C=O) groups is 1. The third-order valence-corrected chi connectivity index (χ3v) is 5.13. The van der Waals surface area contributed by atoms with Crippen LogP contribution in [0.25, 0.3) is 4.83 Å². The molecule has 3 N–H and O–H groups in total. The van der Waals surface area contributed by atoms with Gasteiger partial charge < -0.3 is 11.1 Å². The zero-order valence-corrected chi connectivity index (χ0v) is 13.1. The molecule has 0 unspecified atom stereocenters. The lowest BCUT2D eigenvalue weighted by molar-refractivity contribution is -0.141. The van der Waals surface area contributed by atoms with Crippen molar-refractivity contribution in [3.8, 4) is 0 Å². The van der Waals surface area contributed by atoms with E-state index in [4.69, 9.17) is 5.73 Å². The van der Waals surface area contributed by atoms with Gasteiger partial charge in [0.25, 0.3) is 0 Å². The van der Waals surface area contributed by atoms with E-state index in [1.165, 1.54) is 0 Å². The van der Waals surface area contributed by atoms with Crippen LogP contribution in [0.15, 0.2) is 11.7 Å². The number of hydrogen-bond donors (Lipinski definition) is 2. The summed E-state index contributed by atoms with van der Waals surface area (Å²) in [5.74, 6) is 0.248. The predicted octanol–water partition coefficient (Wildman–Crippen LogP) is 3.26. The molecule has 0 aliphatic heterocycles. The summed E-state index contributed by atoms with van der Waals surface area (Å²) in [6.07, 6.45) is 0.627. The fourth-order valence-electron chi connectivity index (χ4n) is 2.92. The van der Waals surface area contributed by atoms with Gasteiger partial charge in [-0.1, -0.05) is 0 Å². The first kappa shape index (κ1) is 16.3. The number of alkyl halides is 3. The number of nitrogens with zero attached hydrogens (tertiary/aromatic N) is 2. The van der Waals surface area contributed by atoms with E-state index < -0.39 is 11.9 Å². The van der Waals surface area contributed by atoms with Crippen LogP contribution in [0.4, 0.5) is 19.0 Å². The third-order valence-electron chi connectivity index (χ3n) is 4.18. The van der Waals surface area contributed by atoms with Gasteiger partial charge in [0.05, 0.1) is 0 Å². The summed E-state index contributed by atoms with van der Waals surface area (Å²) in [7, 11) is 0. The second-order valence-electron chi connectivity index (χ2n) is 5.92. The van der Waals surface area contributed by atoms with Crippen molar-refractivity contribution in [2.45, 2.75) is 44.3 Å². The zero-order chi connectivity index (χ0) is 16.6. The molecule has 3 rings (SSSR count). The van der Waals surface area contributed by atoms with Crippen molar-refractivity contribution in [1.29, 1.82) is 0 Å². The van der Waals surface area contributed by atoms with Gasteiger partial charge in [0.15, 0.2) is 5.82 Å². The normalized spacial score (nSPS) is 22.4. The number of thiazole rings is 1. The average Bonchev–Trinajstić information content (AvgIpc) is 3.03. The topological polar surface area (TPSA) is 72.4 Å². The predicted molar refractivity (Wildman–Crippen MR) is 81.3 cm³/mol. The highest BCUT2D eigenvalue weighted by atomic mass is 32.1. The van der Waals surface area contributed by atoms with Gasteiger partial charge in [0.1, 0.15) is 16.9 Å². The van der Waals surface area contributed by atoms with Crippen molar-refractivity contribution in [1.82, 2.24) is 9.38 Å². The second kappa shape index (κ2) is 6.12. The molecule has 9 heteroatoms. The molecule has 0 saturated heterocycles.